The van der Waals surface area contributed by atoms with Gasteiger partial charge in [-0.15, -0.1) is 0 Å². The molecule has 102 valence electrons. The first-order valence-electron chi connectivity index (χ1n) is 6.32. The predicted molar refractivity (Wildman–Crippen MR) is 72.8 cm³/mol. The van der Waals surface area contributed by atoms with E-state index in [0.717, 1.165) is 30.9 Å². The average molecular weight is 252 g/mol. The van der Waals surface area contributed by atoms with Crippen LogP contribution in [0.15, 0.2) is 18.5 Å². The minimum Gasteiger partial charge on any atom is -0.493 e. The van der Waals surface area contributed by atoms with E-state index in [9.17, 15) is 0 Å². The van der Waals surface area contributed by atoms with Gasteiger partial charge < -0.3 is 14.8 Å². The number of rotatable bonds is 7. The fraction of sp³-hybridized carbons (Fsp3) is 0.643. The number of hydrogen-bond donors (Lipinski definition) is 1. The van der Waals surface area contributed by atoms with E-state index in [2.05, 4.69) is 31.1 Å². The van der Waals surface area contributed by atoms with E-state index >= 15 is 0 Å². The molecule has 1 rings (SSSR count). The average Bonchev–Trinajstić information content (AvgIpc) is 2.32. The van der Waals surface area contributed by atoms with E-state index in [-0.39, 0.29) is 5.54 Å². The predicted octanol–water partition coefficient (Wildman–Crippen LogP) is 2.39. The SMILES string of the molecule is COCCCOc1ccncc1CNC(C)(C)C. The van der Waals surface area contributed by atoms with Crippen molar-refractivity contribution in [3.63, 3.8) is 0 Å². The Morgan fingerprint density at radius 1 is 1.28 bits per heavy atom. The van der Waals surface area contributed by atoms with E-state index in [4.69, 9.17) is 9.47 Å². The van der Waals surface area contributed by atoms with Crippen LogP contribution in [0.3, 0.4) is 0 Å². The van der Waals surface area contributed by atoms with E-state index < -0.39 is 0 Å². The van der Waals surface area contributed by atoms with Gasteiger partial charge in [-0.05, 0) is 26.8 Å². The molecule has 4 heteroatoms. The van der Waals surface area contributed by atoms with Crippen LogP contribution in [-0.2, 0) is 11.3 Å². The van der Waals surface area contributed by atoms with Gasteiger partial charge in [0.1, 0.15) is 5.75 Å². The molecule has 0 radical (unpaired) electrons. The van der Waals surface area contributed by atoms with E-state index in [1.54, 1.807) is 13.3 Å². The zero-order valence-corrected chi connectivity index (χ0v) is 11.8. The summed E-state index contributed by atoms with van der Waals surface area (Å²) in [6.45, 7) is 8.57. The quantitative estimate of drug-likeness (QED) is 0.757. The van der Waals surface area contributed by atoms with Crippen LogP contribution in [0.5, 0.6) is 5.75 Å². The number of nitrogens with one attached hydrogen (secondary N) is 1. The van der Waals surface area contributed by atoms with Crippen LogP contribution in [0.2, 0.25) is 0 Å². The third-order valence-electron chi connectivity index (χ3n) is 2.42. The lowest BCUT2D eigenvalue weighted by molar-refractivity contribution is 0.171. The van der Waals surface area contributed by atoms with E-state index in [1.165, 1.54) is 0 Å². The minimum atomic E-state index is 0.0865. The summed E-state index contributed by atoms with van der Waals surface area (Å²) in [4.78, 5) is 4.15. The standard InChI is InChI=1S/C14H24N2O2/c1-14(2,3)16-11-12-10-15-7-6-13(12)18-9-5-8-17-4/h6-7,10,16H,5,8-9,11H2,1-4H3. The lowest BCUT2D eigenvalue weighted by Crippen LogP contribution is -2.35. The molecule has 0 aromatic carbocycles. The molecular formula is C14H24N2O2. The molecule has 0 spiro atoms. The molecule has 0 saturated carbocycles. The van der Waals surface area contributed by atoms with Crippen molar-refractivity contribution in [3.05, 3.63) is 24.0 Å². The summed E-state index contributed by atoms with van der Waals surface area (Å²) in [6.07, 6.45) is 4.50. The molecule has 4 nitrogen and oxygen atoms in total. The molecule has 1 heterocycles. The second-order valence-electron chi connectivity index (χ2n) is 5.28. The monoisotopic (exact) mass is 252 g/mol. The molecule has 1 N–H and O–H groups in total. The molecule has 0 aliphatic rings. The third-order valence-corrected chi connectivity index (χ3v) is 2.42. The number of methoxy groups -OCH3 is 1. The second kappa shape index (κ2) is 7.34. The van der Waals surface area contributed by atoms with Gasteiger partial charge in [-0.2, -0.15) is 0 Å². The van der Waals surface area contributed by atoms with Gasteiger partial charge in [0.05, 0.1) is 6.61 Å². The summed E-state index contributed by atoms with van der Waals surface area (Å²) >= 11 is 0. The van der Waals surface area contributed by atoms with Crippen LogP contribution in [-0.4, -0.2) is 30.8 Å². The summed E-state index contributed by atoms with van der Waals surface area (Å²) in [5, 5.41) is 3.44. The Kier molecular flexibility index (Phi) is 6.09. The molecule has 0 aliphatic heterocycles. The molecule has 0 saturated heterocycles. The van der Waals surface area contributed by atoms with Gasteiger partial charge in [0.2, 0.25) is 0 Å². The zero-order valence-electron chi connectivity index (χ0n) is 11.8. The van der Waals surface area contributed by atoms with Crippen molar-refractivity contribution in [2.24, 2.45) is 0 Å². The van der Waals surface area contributed by atoms with Crippen molar-refractivity contribution in [2.75, 3.05) is 20.3 Å². The van der Waals surface area contributed by atoms with Gasteiger partial charge in [0, 0.05) is 50.2 Å². The molecular weight excluding hydrogens is 228 g/mol. The fourth-order valence-corrected chi connectivity index (χ4v) is 1.43. The number of aromatic nitrogens is 1. The van der Waals surface area contributed by atoms with Crippen molar-refractivity contribution in [2.45, 2.75) is 39.3 Å². The maximum Gasteiger partial charge on any atom is 0.126 e. The largest absolute Gasteiger partial charge is 0.493 e. The number of hydrogen-bond acceptors (Lipinski definition) is 4. The first kappa shape index (κ1) is 14.9. The highest BCUT2D eigenvalue weighted by atomic mass is 16.5. The van der Waals surface area contributed by atoms with Crippen LogP contribution < -0.4 is 10.1 Å². The number of nitrogens with zero attached hydrogens (tertiary/aromatic N) is 1. The Morgan fingerprint density at radius 3 is 2.72 bits per heavy atom. The number of ether oxygens (including phenoxy) is 2. The van der Waals surface area contributed by atoms with Crippen molar-refractivity contribution >= 4 is 0 Å². The minimum absolute atomic E-state index is 0.0865. The highest BCUT2D eigenvalue weighted by Crippen LogP contribution is 2.17. The molecule has 0 bridgehead atoms. The highest BCUT2D eigenvalue weighted by molar-refractivity contribution is 5.30. The molecule has 0 aliphatic carbocycles. The Hall–Kier alpha value is -1.13. The molecule has 18 heavy (non-hydrogen) atoms. The smallest absolute Gasteiger partial charge is 0.126 e. The second-order valence-corrected chi connectivity index (χ2v) is 5.28. The van der Waals surface area contributed by atoms with Crippen LogP contribution in [0.4, 0.5) is 0 Å². The normalized spacial score (nSPS) is 11.6. The molecule has 1 aromatic heterocycles. The maximum atomic E-state index is 5.74. The Balaban J connectivity index is 2.51. The van der Waals surface area contributed by atoms with Gasteiger partial charge in [-0.3, -0.25) is 4.98 Å². The summed E-state index contributed by atoms with van der Waals surface area (Å²) in [6, 6.07) is 1.91. The summed E-state index contributed by atoms with van der Waals surface area (Å²) in [5.41, 5.74) is 1.17. The molecule has 0 fully saturated rings. The zero-order chi connectivity index (χ0) is 13.4. The van der Waals surface area contributed by atoms with Crippen molar-refractivity contribution < 1.29 is 9.47 Å². The first-order valence-corrected chi connectivity index (χ1v) is 6.32. The Bertz CT molecular complexity index is 348. The van der Waals surface area contributed by atoms with Crippen LogP contribution in [0.1, 0.15) is 32.8 Å². The van der Waals surface area contributed by atoms with Crippen LogP contribution >= 0.6 is 0 Å². The van der Waals surface area contributed by atoms with E-state index in [1.807, 2.05) is 12.3 Å². The maximum absolute atomic E-state index is 5.74. The Labute approximate surface area is 110 Å². The lowest BCUT2D eigenvalue weighted by atomic mass is 10.1. The van der Waals surface area contributed by atoms with Gasteiger partial charge >= 0.3 is 0 Å². The molecule has 1 aromatic rings. The summed E-state index contributed by atoms with van der Waals surface area (Å²) in [7, 11) is 1.70. The topological polar surface area (TPSA) is 43.4 Å². The first-order chi connectivity index (χ1) is 8.53. The third kappa shape index (κ3) is 5.98. The van der Waals surface area contributed by atoms with Crippen LogP contribution in [0.25, 0.3) is 0 Å². The highest BCUT2D eigenvalue weighted by Gasteiger charge is 2.10. The van der Waals surface area contributed by atoms with Gasteiger partial charge in [0.15, 0.2) is 0 Å². The molecule has 0 amide bonds. The molecule has 0 unspecified atom stereocenters. The summed E-state index contributed by atoms with van der Waals surface area (Å²) < 4.78 is 10.7. The van der Waals surface area contributed by atoms with Crippen molar-refractivity contribution in [3.8, 4) is 5.75 Å². The summed E-state index contributed by atoms with van der Waals surface area (Å²) in [5.74, 6) is 0.901. The van der Waals surface area contributed by atoms with Crippen LogP contribution in [0, 0.1) is 0 Å². The van der Waals surface area contributed by atoms with Gasteiger partial charge in [0.25, 0.3) is 0 Å². The fourth-order valence-electron chi connectivity index (χ4n) is 1.43. The van der Waals surface area contributed by atoms with Crippen molar-refractivity contribution in [1.29, 1.82) is 0 Å². The number of pyridine rings is 1. The lowest BCUT2D eigenvalue weighted by Gasteiger charge is -2.21. The van der Waals surface area contributed by atoms with E-state index in [0.29, 0.717) is 6.61 Å². The molecule has 0 atom stereocenters. The Morgan fingerprint density at radius 2 is 2.06 bits per heavy atom. The van der Waals surface area contributed by atoms with Gasteiger partial charge in [-0.25, -0.2) is 0 Å². The van der Waals surface area contributed by atoms with Crippen molar-refractivity contribution in [1.82, 2.24) is 10.3 Å². The van der Waals surface area contributed by atoms with Gasteiger partial charge in [-0.1, -0.05) is 0 Å².